The third-order valence-corrected chi connectivity index (χ3v) is 6.27. The molecule has 0 spiro atoms. The predicted octanol–water partition coefficient (Wildman–Crippen LogP) is 4.22. The normalized spacial score (nSPS) is 14.8. The summed E-state index contributed by atoms with van der Waals surface area (Å²) in [5.41, 5.74) is 1.82. The molecule has 0 radical (unpaired) electrons. The summed E-state index contributed by atoms with van der Waals surface area (Å²) in [6.07, 6.45) is 1.53. The Labute approximate surface area is 190 Å². The Morgan fingerprint density at radius 3 is 2.47 bits per heavy atom. The van der Waals surface area contributed by atoms with E-state index in [0.29, 0.717) is 18.8 Å². The van der Waals surface area contributed by atoms with Crippen LogP contribution in [0, 0.1) is 0 Å². The summed E-state index contributed by atoms with van der Waals surface area (Å²) >= 11 is 1.57. The van der Waals surface area contributed by atoms with E-state index in [-0.39, 0.29) is 11.4 Å². The maximum atomic E-state index is 12.5. The second-order valence-electron chi connectivity index (χ2n) is 8.89. The Kier molecular flexibility index (Phi) is 5.13. The highest BCUT2D eigenvalue weighted by Crippen LogP contribution is 2.35. The van der Waals surface area contributed by atoms with Gasteiger partial charge >= 0.3 is 0 Å². The maximum absolute atomic E-state index is 12.5. The molecule has 5 rings (SSSR count). The number of amides is 1. The second-order valence-corrected chi connectivity index (χ2v) is 9.82. The number of hydrogen-bond acceptors (Lipinski definition) is 7. The van der Waals surface area contributed by atoms with Crippen LogP contribution in [0.3, 0.4) is 0 Å². The highest BCUT2D eigenvalue weighted by molar-refractivity contribution is 7.20. The Morgan fingerprint density at radius 2 is 1.81 bits per heavy atom. The van der Waals surface area contributed by atoms with E-state index in [4.69, 9.17) is 14.5 Å². The van der Waals surface area contributed by atoms with Gasteiger partial charge in [0.25, 0.3) is 5.91 Å². The summed E-state index contributed by atoms with van der Waals surface area (Å²) in [6, 6.07) is 13.6. The van der Waals surface area contributed by atoms with Gasteiger partial charge in [0, 0.05) is 37.3 Å². The summed E-state index contributed by atoms with van der Waals surface area (Å²) < 4.78 is 7.17. The minimum absolute atomic E-state index is 0.0623. The minimum atomic E-state index is -0.138. The molecule has 4 heterocycles. The van der Waals surface area contributed by atoms with E-state index in [9.17, 15) is 4.79 Å². The van der Waals surface area contributed by atoms with E-state index in [1.54, 1.807) is 23.5 Å². The van der Waals surface area contributed by atoms with Crippen molar-refractivity contribution in [1.82, 2.24) is 19.5 Å². The molecule has 0 bridgehead atoms. The summed E-state index contributed by atoms with van der Waals surface area (Å²) in [5.74, 6) is 1.22. The van der Waals surface area contributed by atoms with E-state index in [1.807, 2.05) is 27.6 Å². The fourth-order valence-electron chi connectivity index (χ4n) is 3.79. The molecule has 0 unspecified atom stereocenters. The molecule has 1 N–H and O–H groups in total. The first kappa shape index (κ1) is 20.6. The maximum Gasteiger partial charge on any atom is 0.289 e. The monoisotopic (exact) mass is 450 g/mol. The molecule has 1 fully saturated rings. The summed E-state index contributed by atoms with van der Waals surface area (Å²) in [7, 11) is 0. The summed E-state index contributed by atoms with van der Waals surface area (Å²) in [6.45, 7) is 9.08. The number of furan rings is 1. The third-order valence-electron chi connectivity index (χ3n) is 5.30. The number of carbonyl (C=O) groups is 1. The first-order chi connectivity index (χ1) is 15.4. The van der Waals surface area contributed by atoms with Crippen LogP contribution >= 0.6 is 11.3 Å². The van der Waals surface area contributed by atoms with Crippen LogP contribution in [0.15, 0.2) is 53.1 Å². The first-order valence-electron chi connectivity index (χ1n) is 10.7. The number of imidazole rings is 1. The van der Waals surface area contributed by atoms with Gasteiger partial charge in [0.15, 0.2) is 11.6 Å². The van der Waals surface area contributed by atoms with Crippen molar-refractivity contribution >= 4 is 33.2 Å². The molecule has 0 aliphatic carbocycles. The van der Waals surface area contributed by atoms with Crippen molar-refractivity contribution in [2.24, 2.45) is 0 Å². The number of fused-ring (bicyclic) bond motifs is 1. The van der Waals surface area contributed by atoms with Crippen LogP contribution in [0.25, 0.3) is 16.2 Å². The molecule has 32 heavy (non-hydrogen) atoms. The molecule has 3 aromatic heterocycles. The lowest BCUT2D eigenvalue weighted by atomic mass is 10.1. The van der Waals surface area contributed by atoms with Crippen LogP contribution in [-0.2, 0) is 0 Å². The van der Waals surface area contributed by atoms with Crippen molar-refractivity contribution in [2.75, 3.05) is 36.4 Å². The SMILES string of the molecule is CC(C)(C)Nc1c(-c2ccccc2)nc2sc(N3CCN(C(=O)c4ccco4)CC3)nn12. The molecule has 166 valence electrons. The lowest BCUT2D eigenvalue weighted by Crippen LogP contribution is -2.48. The molecule has 1 aliphatic heterocycles. The van der Waals surface area contributed by atoms with Crippen molar-refractivity contribution in [1.29, 1.82) is 0 Å². The molecular formula is C23H26N6O2S. The van der Waals surface area contributed by atoms with Crippen LogP contribution in [0.2, 0.25) is 0 Å². The van der Waals surface area contributed by atoms with Gasteiger partial charge in [-0.05, 0) is 32.9 Å². The van der Waals surface area contributed by atoms with E-state index in [2.05, 4.69) is 43.1 Å². The zero-order chi connectivity index (χ0) is 22.3. The average molecular weight is 451 g/mol. The van der Waals surface area contributed by atoms with Gasteiger partial charge in [-0.15, -0.1) is 5.10 Å². The largest absolute Gasteiger partial charge is 0.459 e. The summed E-state index contributed by atoms with van der Waals surface area (Å²) in [4.78, 5) is 22.3. The molecule has 1 aliphatic rings. The number of nitrogens with zero attached hydrogens (tertiary/aromatic N) is 5. The first-order valence-corrected chi connectivity index (χ1v) is 11.5. The standard InChI is InChI=1S/C23H26N6O2S/c1-23(2,3)25-19-18(16-8-5-4-6-9-16)24-21-29(19)26-22(32-21)28-13-11-27(12-14-28)20(30)17-10-7-15-31-17/h4-10,15,25H,11-14H2,1-3H3. The van der Waals surface area contributed by atoms with Gasteiger partial charge in [-0.25, -0.2) is 4.98 Å². The van der Waals surface area contributed by atoms with Crippen molar-refractivity contribution in [2.45, 2.75) is 26.3 Å². The molecule has 8 nitrogen and oxygen atoms in total. The topological polar surface area (TPSA) is 78.9 Å². The van der Waals surface area contributed by atoms with E-state index >= 15 is 0 Å². The quantitative estimate of drug-likeness (QED) is 0.501. The number of hydrogen-bond donors (Lipinski definition) is 1. The van der Waals surface area contributed by atoms with Gasteiger partial charge in [0.05, 0.1) is 6.26 Å². The highest BCUT2D eigenvalue weighted by atomic mass is 32.1. The van der Waals surface area contributed by atoms with Crippen molar-refractivity contribution in [3.63, 3.8) is 0 Å². The molecule has 0 saturated carbocycles. The number of carbonyl (C=O) groups excluding carboxylic acids is 1. The van der Waals surface area contributed by atoms with Crippen molar-refractivity contribution in [3.05, 3.63) is 54.5 Å². The zero-order valence-corrected chi connectivity index (χ0v) is 19.2. The number of piperazine rings is 1. The number of benzene rings is 1. The fraction of sp³-hybridized carbons (Fsp3) is 0.348. The third kappa shape index (κ3) is 3.95. The average Bonchev–Trinajstić information content (AvgIpc) is 3.51. The van der Waals surface area contributed by atoms with Gasteiger partial charge in [-0.2, -0.15) is 4.52 Å². The van der Waals surface area contributed by atoms with E-state index in [0.717, 1.165) is 40.3 Å². The Bertz CT molecular complexity index is 1210. The summed E-state index contributed by atoms with van der Waals surface area (Å²) in [5, 5.41) is 9.40. The van der Waals surface area contributed by atoms with Crippen LogP contribution < -0.4 is 10.2 Å². The second kappa shape index (κ2) is 7.98. The molecule has 4 aromatic rings. The van der Waals surface area contributed by atoms with Gasteiger partial charge in [-0.3, -0.25) is 4.79 Å². The molecule has 1 aromatic carbocycles. The smallest absolute Gasteiger partial charge is 0.289 e. The molecule has 1 saturated heterocycles. The Balaban J connectivity index is 1.40. The van der Waals surface area contributed by atoms with Crippen LogP contribution in [0.5, 0.6) is 0 Å². The molecule has 0 atom stereocenters. The lowest BCUT2D eigenvalue weighted by molar-refractivity contribution is 0.0714. The van der Waals surface area contributed by atoms with E-state index in [1.165, 1.54) is 6.26 Å². The molecule has 9 heteroatoms. The van der Waals surface area contributed by atoms with Crippen molar-refractivity contribution in [3.8, 4) is 11.3 Å². The fourth-order valence-corrected chi connectivity index (χ4v) is 4.74. The number of aromatic nitrogens is 3. The number of anilines is 2. The number of rotatable bonds is 4. The van der Waals surface area contributed by atoms with E-state index < -0.39 is 0 Å². The molecule has 1 amide bonds. The van der Waals surface area contributed by atoms with Crippen LogP contribution in [0.4, 0.5) is 10.9 Å². The van der Waals surface area contributed by atoms with Gasteiger partial charge in [0.1, 0.15) is 5.69 Å². The Morgan fingerprint density at radius 1 is 1.06 bits per heavy atom. The van der Waals surface area contributed by atoms with Crippen LogP contribution in [0.1, 0.15) is 31.3 Å². The zero-order valence-electron chi connectivity index (χ0n) is 18.4. The van der Waals surface area contributed by atoms with Gasteiger partial charge in [0.2, 0.25) is 10.1 Å². The highest BCUT2D eigenvalue weighted by Gasteiger charge is 2.27. The van der Waals surface area contributed by atoms with Crippen LogP contribution in [-0.4, -0.2) is 57.1 Å². The van der Waals surface area contributed by atoms with Gasteiger partial charge < -0.3 is 19.5 Å². The Hall–Kier alpha value is -3.33. The molecular weight excluding hydrogens is 424 g/mol. The number of nitrogens with one attached hydrogen (secondary N) is 1. The van der Waals surface area contributed by atoms with Crippen molar-refractivity contribution < 1.29 is 9.21 Å². The lowest BCUT2D eigenvalue weighted by Gasteiger charge is -2.33. The van der Waals surface area contributed by atoms with Gasteiger partial charge in [-0.1, -0.05) is 41.7 Å². The minimum Gasteiger partial charge on any atom is -0.459 e. The predicted molar refractivity (Wildman–Crippen MR) is 127 cm³/mol.